The van der Waals surface area contributed by atoms with Gasteiger partial charge in [0.1, 0.15) is 16.4 Å². The number of thioether (sulfide) groups is 1. The Labute approximate surface area is 202 Å². The van der Waals surface area contributed by atoms with Crippen molar-refractivity contribution < 1.29 is 14.3 Å². The largest absolute Gasteiger partial charge is 0.494 e. The summed E-state index contributed by atoms with van der Waals surface area (Å²) in [6.45, 7) is 6.41. The standard InChI is InChI=1S/C26H23ClN2O3S/c1-4-32-20-10-8-19(9-11-20)29-25(30)23(28-22-14-5-16(2)15-17(22)3)24(26(29)31)33-21-12-6-18(27)7-13-21/h5-15,28H,4H2,1-3H3. The van der Waals surface area contributed by atoms with E-state index in [-0.39, 0.29) is 11.6 Å². The van der Waals surface area contributed by atoms with Gasteiger partial charge in [0.15, 0.2) is 0 Å². The van der Waals surface area contributed by atoms with Crippen LogP contribution in [-0.2, 0) is 9.59 Å². The van der Waals surface area contributed by atoms with Crippen molar-refractivity contribution in [3.8, 4) is 5.75 Å². The minimum Gasteiger partial charge on any atom is -0.494 e. The molecule has 1 N–H and O–H groups in total. The molecule has 168 valence electrons. The third-order valence-electron chi connectivity index (χ3n) is 5.12. The molecule has 0 atom stereocenters. The van der Waals surface area contributed by atoms with Gasteiger partial charge in [-0.3, -0.25) is 9.59 Å². The summed E-state index contributed by atoms with van der Waals surface area (Å²) in [4.78, 5) is 29.3. The van der Waals surface area contributed by atoms with Crippen LogP contribution in [0.5, 0.6) is 5.75 Å². The second-order valence-electron chi connectivity index (χ2n) is 7.58. The lowest BCUT2D eigenvalue weighted by Gasteiger charge is -2.16. The van der Waals surface area contributed by atoms with Crippen molar-refractivity contribution in [2.75, 3.05) is 16.8 Å². The van der Waals surface area contributed by atoms with Crippen LogP contribution in [0.4, 0.5) is 11.4 Å². The number of halogens is 1. The molecule has 0 saturated heterocycles. The van der Waals surface area contributed by atoms with Gasteiger partial charge in [-0.1, -0.05) is 41.1 Å². The number of rotatable bonds is 7. The van der Waals surface area contributed by atoms with E-state index in [2.05, 4.69) is 5.32 Å². The van der Waals surface area contributed by atoms with Crippen LogP contribution in [-0.4, -0.2) is 18.4 Å². The highest BCUT2D eigenvalue weighted by Gasteiger charge is 2.40. The van der Waals surface area contributed by atoms with Crippen LogP contribution in [0.15, 0.2) is 82.2 Å². The minimum absolute atomic E-state index is 0.251. The molecule has 0 aliphatic carbocycles. The van der Waals surface area contributed by atoms with E-state index in [0.717, 1.165) is 21.7 Å². The first-order valence-corrected chi connectivity index (χ1v) is 11.7. The van der Waals surface area contributed by atoms with E-state index < -0.39 is 5.91 Å². The lowest BCUT2D eigenvalue weighted by atomic mass is 10.1. The Bertz CT molecular complexity index is 1240. The summed E-state index contributed by atoms with van der Waals surface area (Å²) in [5.41, 5.74) is 3.62. The average Bonchev–Trinajstić information content (AvgIpc) is 3.02. The van der Waals surface area contributed by atoms with E-state index in [4.69, 9.17) is 16.3 Å². The molecule has 0 spiro atoms. The summed E-state index contributed by atoms with van der Waals surface area (Å²) < 4.78 is 5.48. The fourth-order valence-electron chi connectivity index (χ4n) is 3.52. The van der Waals surface area contributed by atoms with Gasteiger partial charge in [0.2, 0.25) is 0 Å². The Kier molecular flexibility index (Phi) is 6.77. The number of carbonyl (C=O) groups is 2. The van der Waals surface area contributed by atoms with Crippen LogP contribution in [0.3, 0.4) is 0 Å². The van der Waals surface area contributed by atoms with Crippen LogP contribution < -0.4 is 15.0 Å². The Morgan fingerprint density at radius 1 is 0.939 bits per heavy atom. The molecule has 7 heteroatoms. The smallest absolute Gasteiger partial charge is 0.283 e. The molecule has 3 aromatic carbocycles. The van der Waals surface area contributed by atoms with E-state index in [1.54, 1.807) is 36.4 Å². The molecule has 0 aromatic heterocycles. The first kappa shape index (κ1) is 23.0. The zero-order valence-corrected chi connectivity index (χ0v) is 20.1. The number of benzene rings is 3. The summed E-state index contributed by atoms with van der Waals surface area (Å²) in [5.74, 6) is -0.102. The van der Waals surface area contributed by atoms with Gasteiger partial charge in [-0.2, -0.15) is 0 Å². The number of ether oxygens (including phenoxy) is 1. The van der Waals surface area contributed by atoms with Gasteiger partial charge in [-0.05, 0) is 80.9 Å². The van der Waals surface area contributed by atoms with E-state index in [1.807, 2.05) is 51.1 Å². The lowest BCUT2D eigenvalue weighted by Crippen LogP contribution is -2.32. The molecule has 1 heterocycles. The average molecular weight is 479 g/mol. The van der Waals surface area contributed by atoms with Crippen molar-refractivity contribution in [2.24, 2.45) is 0 Å². The minimum atomic E-state index is -0.402. The number of imide groups is 1. The second kappa shape index (κ2) is 9.73. The molecule has 0 unspecified atom stereocenters. The van der Waals surface area contributed by atoms with Gasteiger partial charge in [-0.15, -0.1) is 0 Å². The van der Waals surface area contributed by atoms with E-state index in [0.29, 0.717) is 28.0 Å². The third-order valence-corrected chi connectivity index (χ3v) is 6.47. The number of amides is 2. The van der Waals surface area contributed by atoms with Crippen molar-refractivity contribution in [2.45, 2.75) is 25.7 Å². The van der Waals surface area contributed by atoms with Crippen molar-refractivity contribution in [3.05, 3.63) is 93.5 Å². The molecule has 1 aliphatic heterocycles. The highest BCUT2D eigenvalue weighted by molar-refractivity contribution is 8.04. The number of nitrogens with one attached hydrogen (secondary N) is 1. The zero-order valence-electron chi connectivity index (χ0n) is 18.5. The molecule has 2 amide bonds. The monoisotopic (exact) mass is 478 g/mol. The molecule has 5 nitrogen and oxygen atoms in total. The Morgan fingerprint density at radius 2 is 1.64 bits per heavy atom. The molecule has 0 saturated carbocycles. The molecular weight excluding hydrogens is 456 g/mol. The Hall–Kier alpha value is -3.22. The molecule has 0 fully saturated rings. The SMILES string of the molecule is CCOc1ccc(N2C(=O)C(Nc3ccc(C)cc3C)=C(Sc3ccc(Cl)cc3)C2=O)cc1. The molecule has 4 rings (SSSR count). The van der Waals surface area contributed by atoms with Crippen molar-refractivity contribution in [3.63, 3.8) is 0 Å². The first-order chi connectivity index (χ1) is 15.9. The number of hydrogen-bond acceptors (Lipinski definition) is 5. The summed E-state index contributed by atoms with van der Waals surface area (Å²) in [5, 5.41) is 3.83. The van der Waals surface area contributed by atoms with Gasteiger partial charge in [0.25, 0.3) is 11.8 Å². The van der Waals surface area contributed by atoms with Crippen LogP contribution in [0.25, 0.3) is 0 Å². The van der Waals surface area contributed by atoms with Gasteiger partial charge in [0, 0.05) is 15.6 Å². The number of hydrogen-bond donors (Lipinski definition) is 1. The zero-order chi connectivity index (χ0) is 23.5. The van der Waals surface area contributed by atoms with E-state index in [9.17, 15) is 9.59 Å². The number of anilines is 2. The highest BCUT2D eigenvalue weighted by Crippen LogP contribution is 2.38. The summed E-state index contributed by atoms with van der Waals surface area (Å²) in [7, 11) is 0. The molecule has 3 aromatic rings. The van der Waals surface area contributed by atoms with Crippen LogP contribution in [0.2, 0.25) is 5.02 Å². The third kappa shape index (κ3) is 4.92. The topological polar surface area (TPSA) is 58.6 Å². The van der Waals surface area contributed by atoms with Gasteiger partial charge in [-0.25, -0.2) is 4.90 Å². The summed E-state index contributed by atoms with van der Waals surface area (Å²) >= 11 is 7.25. The number of nitrogens with zero attached hydrogens (tertiary/aromatic N) is 1. The fraction of sp³-hybridized carbons (Fsp3) is 0.154. The Balaban J connectivity index is 1.72. The lowest BCUT2D eigenvalue weighted by molar-refractivity contribution is -0.120. The molecule has 0 radical (unpaired) electrons. The maximum Gasteiger partial charge on any atom is 0.283 e. The van der Waals surface area contributed by atoms with Gasteiger partial charge >= 0.3 is 0 Å². The van der Waals surface area contributed by atoms with Crippen LogP contribution >= 0.6 is 23.4 Å². The summed E-state index contributed by atoms with van der Waals surface area (Å²) in [6, 6.07) is 20.0. The molecule has 1 aliphatic rings. The van der Waals surface area contributed by atoms with Gasteiger partial charge < -0.3 is 10.1 Å². The molecular formula is C26H23ClN2O3S. The second-order valence-corrected chi connectivity index (χ2v) is 9.10. The predicted octanol–water partition coefficient (Wildman–Crippen LogP) is 6.34. The number of aryl methyl sites for hydroxylation is 2. The molecule has 33 heavy (non-hydrogen) atoms. The predicted molar refractivity (Wildman–Crippen MR) is 134 cm³/mol. The Morgan fingerprint density at radius 3 is 2.27 bits per heavy atom. The van der Waals surface area contributed by atoms with Crippen molar-refractivity contribution in [1.29, 1.82) is 0 Å². The van der Waals surface area contributed by atoms with Gasteiger partial charge in [0.05, 0.1) is 12.3 Å². The van der Waals surface area contributed by atoms with Crippen molar-refractivity contribution >= 4 is 46.6 Å². The van der Waals surface area contributed by atoms with Crippen LogP contribution in [0.1, 0.15) is 18.1 Å². The highest BCUT2D eigenvalue weighted by atomic mass is 35.5. The van der Waals surface area contributed by atoms with Crippen LogP contribution in [0, 0.1) is 13.8 Å². The first-order valence-electron chi connectivity index (χ1n) is 10.5. The molecule has 0 bridgehead atoms. The maximum absolute atomic E-state index is 13.5. The summed E-state index contributed by atoms with van der Waals surface area (Å²) in [6.07, 6.45) is 0. The fourth-order valence-corrected chi connectivity index (χ4v) is 4.57. The van der Waals surface area contributed by atoms with E-state index in [1.165, 1.54) is 16.7 Å². The normalized spacial score (nSPS) is 13.6. The maximum atomic E-state index is 13.5. The van der Waals surface area contributed by atoms with Crippen molar-refractivity contribution in [1.82, 2.24) is 0 Å². The number of carbonyl (C=O) groups excluding carboxylic acids is 2. The quantitative estimate of drug-likeness (QED) is 0.401. The van der Waals surface area contributed by atoms with E-state index >= 15 is 0 Å².